The average Bonchev–Trinajstić information content (AvgIpc) is 2.76. The van der Waals surface area contributed by atoms with E-state index in [0.29, 0.717) is 12.1 Å². The summed E-state index contributed by atoms with van der Waals surface area (Å²) in [5.41, 5.74) is -2.09. The number of fused-ring (bicyclic) bond motifs is 1. The Bertz CT molecular complexity index is 1310. The number of alkyl halides is 3. The molecule has 0 aromatic heterocycles. The van der Waals surface area contributed by atoms with Crippen LogP contribution in [-0.4, -0.2) is 12.6 Å². The van der Waals surface area contributed by atoms with E-state index < -0.39 is 52.0 Å². The Morgan fingerprint density at radius 3 is 2.41 bits per heavy atom. The van der Waals surface area contributed by atoms with E-state index in [1.54, 1.807) is 0 Å². The number of hydrogen-bond acceptors (Lipinski definition) is 4. The van der Waals surface area contributed by atoms with Crippen LogP contribution in [0.2, 0.25) is 0 Å². The largest absolute Gasteiger partial charge is 0.457 e. The third kappa shape index (κ3) is 4.34. The lowest BCUT2D eigenvalue weighted by atomic mass is 10.1. The average molecular weight is 477 g/mol. The van der Waals surface area contributed by atoms with Gasteiger partial charge >= 0.3 is 6.18 Å². The quantitative estimate of drug-likeness (QED) is 0.505. The summed E-state index contributed by atoms with van der Waals surface area (Å²) in [7, 11) is 0. The Morgan fingerprint density at radius 1 is 1.06 bits per heavy atom. The van der Waals surface area contributed by atoms with Gasteiger partial charge in [-0.25, -0.2) is 13.2 Å². The van der Waals surface area contributed by atoms with Crippen LogP contribution in [0, 0.1) is 28.8 Å². The van der Waals surface area contributed by atoms with Gasteiger partial charge in [0, 0.05) is 17.7 Å². The van der Waals surface area contributed by atoms with Gasteiger partial charge in [-0.05, 0) is 30.3 Å². The SMILES string of the molecule is N#Cc1cccc(Oc2ccc3c(c2)C(=O)NCN3Cc2c(F)cc(F)cc2F)c1C(F)(F)F. The Morgan fingerprint density at radius 2 is 1.76 bits per heavy atom. The summed E-state index contributed by atoms with van der Waals surface area (Å²) in [6.45, 7) is -0.474. The molecule has 0 fully saturated rings. The van der Waals surface area contributed by atoms with Gasteiger partial charge in [-0.3, -0.25) is 4.79 Å². The number of nitriles is 1. The van der Waals surface area contributed by atoms with Gasteiger partial charge in [0.1, 0.15) is 34.5 Å². The molecule has 0 saturated carbocycles. The number of halogens is 6. The molecule has 0 spiro atoms. The topological polar surface area (TPSA) is 65.4 Å². The summed E-state index contributed by atoms with van der Waals surface area (Å²) in [6, 6.07) is 9.61. The summed E-state index contributed by atoms with van der Waals surface area (Å²) in [4.78, 5) is 13.8. The minimum absolute atomic E-state index is 0.0170. The lowest BCUT2D eigenvalue weighted by Crippen LogP contribution is -2.43. The molecule has 1 aliphatic heterocycles. The highest BCUT2D eigenvalue weighted by molar-refractivity contribution is 6.02. The van der Waals surface area contributed by atoms with Crippen LogP contribution in [0.15, 0.2) is 48.5 Å². The van der Waals surface area contributed by atoms with Gasteiger partial charge in [-0.2, -0.15) is 18.4 Å². The number of nitrogens with one attached hydrogen (secondary N) is 1. The van der Waals surface area contributed by atoms with Crippen LogP contribution in [-0.2, 0) is 12.7 Å². The van der Waals surface area contributed by atoms with Crippen molar-refractivity contribution in [3.8, 4) is 17.6 Å². The van der Waals surface area contributed by atoms with Gasteiger partial charge in [0.05, 0.1) is 36.1 Å². The zero-order valence-corrected chi connectivity index (χ0v) is 17.0. The number of benzene rings is 3. The van der Waals surface area contributed by atoms with E-state index in [9.17, 15) is 31.1 Å². The molecule has 0 bridgehead atoms. The van der Waals surface area contributed by atoms with Gasteiger partial charge < -0.3 is 15.0 Å². The molecule has 1 aliphatic rings. The molecule has 174 valence electrons. The molecule has 3 aromatic carbocycles. The molecular formula is C23H13F6N3O2. The second-order valence-electron chi connectivity index (χ2n) is 7.28. The van der Waals surface area contributed by atoms with Crippen LogP contribution < -0.4 is 15.0 Å². The highest BCUT2D eigenvalue weighted by Crippen LogP contribution is 2.41. The third-order valence-electron chi connectivity index (χ3n) is 5.10. The van der Waals surface area contributed by atoms with Crippen LogP contribution in [0.3, 0.4) is 0 Å². The molecule has 11 heteroatoms. The molecule has 5 nitrogen and oxygen atoms in total. The van der Waals surface area contributed by atoms with Crippen LogP contribution >= 0.6 is 0 Å². The molecule has 1 amide bonds. The maximum absolute atomic E-state index is 14.1. The van der Waals surface area contributed by atoms with Gasteiger partial charge in [0.2, 0.25) is 0 Å². The second-order valence-corrected chi connectivity index (χ2v) is 7.28. The Balaban J connectivity index is 1.68. The first-order valence-corrected chi connectivity index (χ1v) is 9.67. The zero-order valence-electron chi connectivity index (χ0n) is 17.0. The predicted molar refractivity (Wildman–Crippen MR) is 108 cm³/mol. The first kappa shape index (κ1) is 23.0. The molecule has 0 unspecified atom stereocenters. The molecule has 4 rings (SSSR count). The molecular weight excluding hydrogens is 464 g/mol. The number of carbonyl (C=O) groups excluding carboxylic acids is 1. The zero-order chi connectivity index (χ0) is 24.6. The van der Waals surface area contributed by atoms with Gasteiger partial charge in [0.15, 0.2) is 0 Å². The van der Waals surface area contributed by atoms with Gasteiger partial charge in [-0.1, -0.05) is 6.07 Å². The first-order valence-electron chi connectivity index (χ1n) is 9.67. The van der Waals surface area contributed by atoms with Crippen molar-refractivity contribution >= 4 is 11.6 Å². The van der Waals surface area contributed by atoms with E-state index >= 15 is 0 Å². The van der Waals surface area contributed by atoms with Crippen molar-refractivity contribution in [1.29, 1.82) is 5.26 Å². The fourth-order valence-electron chi connectivity index (χ4n) is 3.57. The minimum atomic E-state index is -4.87. The van der Waals surface area contributed by atoms with Gasteiger partial charge in [0.25, 0.3) is 5.91 Å². The number of hydrogen-bond donors (Lipinski definition) is 1. The van der Waals surface area contributed by atoms with Crippen molar-refractivity contribution in [2.75, 3.05) is 11.6 Å². The molecule has 1 heterocycles. The molecule has 0 atom stereocenters. The first-order chi connectivity index (χ1) is 16.1. The highest BCUT2D eigenvalue weighted by atomic mass is 19.4. The normalized spacial score (nSPS) is 13.2. The minimum Gasteiger partial charge on any atom is -0.457 e. The Labute approximate surface area is 188 Å². The van der Waals surface area contributed by atoms with Crippen molar-refractivity contribution in [3.05, 3.63) is 88.2 Å². The van der Waals surface area contributed by atoms with E-state index in [-0.39, 0.29) is 30.2 Å². The third-order valence-corrected chi connectivity index (χ3v) is 5.10. The van der Waals surface area contributed by atoms with E-state index in [1.807, 2.05) is 0 Å². The fraction of sp³-hybridized carbons (Fsp3) is 0.130. The lowest BCUT2D eigenvalue weighted by molar-refractivity contribution is -0.138. The monoisotopic (exact) mass is 477 g/mol. The molecule has 0 radical (unpaired) electrons. The smallest absolute Gasteiger partial charge is 0.421 e. The van der Waals surface area contributed by atoms with Gasteiger partial charge in [-0.15, -0.1) is 0 Å². The molecule has 0 saturated heterocycles. The molecule has 1 N–H and O–H groups in total. The van der Waals surface area contributed by atoms with E-state index in [2.05, 4.69) is 5.32 Å². The number of nitrogens with zero attached hydrogens (tertiary/aromatic N) is 2. The van der Waals surface area contributed by atoms with E-state index in [4.69, 9.17) is 10.00 Å². The Kier molecular flexibility index (Phi) is 5.83. The highest BCUT2D eigenvalue weighted by Gasteiger charge is 2.37. The number of amides is 1. The molecule has 0 aliphatic carbocycles. The van der Waals surface area contributed by atoms with Crippen LogP contribution in [0.4, 0.5) is 32.0 Å². The summed E-state index contributed by atoms with van der Waals surface area (Å²) in [5, 5.41) is 11.5. The van der Waals surface area contributed by atoms with E-state index in [0.717, 1.165) is 12.1 Å². The van der Waals surface area contributed by atoms with Crippen LogP contribution in [0.5, 0.6) is 11.5 Å². The van der Waals surface area contributed by atoms with Crippen molar-refractivity contribution < 1.29 is 35.9 Å². The maximum atomic E-state index is 14.1. The predicted octanol–water partition coefficient (Wildman–Crippen LogP) is 5.49. The Hall–Kier alpha value is -4.20. The van der Waals surface area contributed by atoms with Crippen molar-refractivity contribution in [1.82, 2.24) is 5.32 Å². The number of ether oxygens (including phenoxy) is 1. The van der Waals surface area contributed by atoms with Crippen molar-refractivity contribution in [2.45, 2.75) is 12.7 Å². The lowest BCUT2D eigenvalue weighted by Gasteiger charge is -2.31. The van der Waals surface area contributed by atoms with Crippen LogP contribution in [0.1, 0.15) is 27.0 Å². The molecule has 34 heavy (non-hydrogen) atoms. The summed E-state index contributed by atoms with van der Waals surface area (Å²) in [6.07, 6.45) is -4.87. The van der Waals surface area contributed by atoms with E-state index in [1.165, 1.54) is 35.2 Å². The summed E-state index contributed by atoms with van der Waals surface area (Å²) in [5.74, 6) is -4.63. The standard InChI is InChI=1S/C23H13F6N3O2/c24-13-6-17(25)16(18(26)7-13)10-32-11-31-22(33)15-8-14(4-5-19(15)32)34-20-3-1-2-12(9-30)21(20)23(27,28)29/h1-8H,10-11H2,(H,31,33). The number of carbonyl (C=O) groups is 1. The number of anilines is 1. The fourth-order valence-corrected chi connectivity index (χ4v) is 3.57. The maximum Gasteiger partial charge on any atom is 0.421 e. The second kappa shape index (κ2) is 8.62. The van der Waals surface area contributed by atoms with Crippen LogP contribution in [0.25, 0.3) is 0 Å². The van der Waals surface area contributed by atoms with Crippen molar-refractivity contribution in [3.63, 3.8) is 0 Å². The number of rotatable bonds is 4. The summed E-state index contributed by atoms with van der Waals surface area (Å²) < 4.78 is 87.2. The molecule has 3 aromatic rings. The van der Waals surface area contributed by atoms with Crippen molar-refractivity contribution in [2.24, 2.45) is 0 Å². The summed E-state index contributed by atoms with van der Waals surface area (Å²) >= 11 is 0.